The molecule has 1 heterocycles. The number of carbonyl (C=O) groups is 2. The summed E-state index contributed by atoms with van der Waals surface area (Å²) in [5, 5.41) is 3.20. The first-order valence-electron chi connectivity index (χ1n) is 9.79. The Hall–Kier alpha value is -4.06. The van der Waals surface area contributed by atoms with Gasteiger partial charge >= 0.3 is 0 Å². The zero-order valence-corrected chi connectivity index (χ0v) is 17.5. The number of hydrogen-bond acceptors (Lipinski definition) is 5. The van der Waals surface area contributed by atoms with Crippen LogP contribution >= 0.6 is 0 Å². The summed E-state index contributed by atoms with van der Waals surface area (Å²) < 4.78 is 10.9. The van der Waals surface area contributed by atoms with Gasteiger partial charge in [-0.2, -0.15) is 0 Å². The third kappa shape index (κ3) is 3.53. The van der Waals surface area contributed by atoms with Crippen molar-refractivity contribution in [3.63, 3.8) is 0 Å². The second-order valence-corrected chi connectivity index (χ2v) is 7.01. The van der Waals surface area contributed by atoms with Crippen molar-refractivity contribution in [1.29, 1.82) is 0 Å². The normalized spacial score (nSPS) is 13.6. The van der Waals surface area contributed by atoms with Gasteiger partial charge in [0, 0.05) is 11.3 Å². The number of rotatable bonds is 6. The van der Waals surface area contributed by atoms with E-state index in [2.05, 4.69) is 5.32 Å². The van der Waals surface area contributed by atoms with Crippen LogP contribution in [0.15, 0.2) is 78.5 Å². The van der Waals surface area contributed by atoms with Crippen molar-refractivity contribution in [1.82, 2.24) is 0 Å². The van der Waals surface area contributed by atoms with E-state index in [9.17, 15) is 9.59 Å². The van der Waals surface area contributed by atoms with Crippen molar-refractivity contribution in [3.8, 4) is 11.5 Å². The number of imide groups is 1. The molecule has 0 saturated heterocycles. The highest BCUT2D eigenvalue weighted by molar-refractivity contribution is 6.46. The second-order valence-electron chi connectivity index (χ2n) is 7.01. The van der Waals surface area contributed by atoms with Crippen LogP contribution in [0.25, 0.3) is 5.57 Å². The Labute approximate surface area is 180 Å². The Morgan fingerprint density at radius 3 is 2.06 bits per heavy atom. The quantitative estimate of drug-likeness (QED) is 0.605. The van der Waals surface area contributed by atoms with Gasteiger partial charge in [-0.25, -0.2) is 4.90 Å². The van der Waals surface area contributed by atoms with Gasteiger partial charge in [-0.3, -0.25) is 9.59 Å². The lowest BCUT2D eigenvalue weighted by Crippen LogP contribution is -2.32. The van der Waals surface area contributed by atoms with Crippen LogP contribution in [0, 0.1) is 6.92 Å². The zero-order chi connectivity index (χ0) is 22.0. The van der Waals surface area contributed by atoms with Gasteiger partial charge in [0.2, 0.25) is 0 Å². The van der Waals surface area contributed by atoms with Gasteiger partial charge in [-0.05, 0) is 36.8 Å². The van der Waals surface area contributed by atoms with Gasteiger partial charge in [0.25, 0.3) is 11.8 Å². The minimum Gasteiger partial charge on any atom is -0.496 e. The molecule has 1 N–H and O–H groups in total. The fraction of sp³-hybridized carbons (Fsp3) is 0.120. The number of hydrogen-bond donors (Lipinski definition) is 1. The van der Waals surface area contributed by atoms with Crippen LogP contribution < -0.4 is 19.7 Å². The van der Waals surface area contributed by atoms with Crippen LogP contribution in [0.1, 0.15) is 11.1 Å². The zero-order valence-electron chi connectivity index (χ0n) is 17.5. The number of ether oxygens (including phenoxy) is 2. The lowest BCUT2D eigenvalue weighted by Gasteiger charge is -2.18. The SMILES string of the molecule is COc1ccccc1C1=C(Nc2ccccc2C)C(=O)N(c2ccccc2OC)C1=O. The van der Waals surface area contributed by atoms with E-state index in [-0.39, 0.29) is 11.3 Å². The van der Waals surface area contributed by atoms with Gasteiger partial charge in [0.1, 0.15) is 17.2 Å². The van der Waals surface area contributed by atoms with E-state index in [1.807, 2.05) is 37.3 Å². The molecule has 4 rings (SSSR count). The standard InChI is InChI=1S/C25H22N2O4/c1-16-10-4-6-12-18(16)26-23-22(17-11-5-8-14-20(17)30-2)24(28)27(25(23)29)19-13-7-9-15-21(19)31-3/h4-15,26H,1-3H3. The highest BCUT2D eigenvalue weighted by Crippen LogP contribution is 2.40. The fourth-order valence-electron chi connectivity index (χ4n) is 3.63. The largest absolute Gasteiger partial charge is 0.496 e. The molecule has 6 nitrogen and oxygen atoms in total. The van der Waals surface area contributed by atoms with Crippen LogP contribution in [-0.2, 0) is 9.59 Å². The van der Waals surface area contributed by atoms with Crippen molar-refractivity contribution in [2.24, 2.45) is 0 Å². The second kappa shape index (κ2) is 8.36. The van der Waals surface area contributed by atoms with E-state index in [0.717, 1.165) is 16.2 Å². The number of carbonyl (C=O) groups excluding carboxylic acids is 2. The molecule has 0 spiro atoms. The summed E-state index contributed by atoms with van der Waals surface area (Å²) in [6.07, 6.45) is 0. The van der Waals surface area contributed by atoms with E-state index in [4.69, 9.17) is 9.47 Å². The van der Waals surface area contributed by atoms with Crippen LogP contribution in [0.2, 0.25) is 0 Å². The van der Waals surface area contributed by atoms with Crippen molar-refractivity contribution in [3.05, 3.63) is 89.6 Å². The van der Waals surface area contributed by atoms with E-state index < -0.39 is 11.8 Å². The summed E-state index contributed by atoms with van der Waals surface area (Å²) in [7, 11) is 3.04. The molecule has 0 unspecified atom stereocenters. The van der Waals surface area contributed by atoms with Crippen LogP contribution in [0.3, 0.4) is 0 Å². The van der Waals surface area contributed by atoms with Crippen LogP contribution in [0.4, 0.5) is 11.4 Å². The smallest absolute Gasteiger partial charge is 0.282 e. The molecule has 3 aromatic carbocycles. The average Bonchev–Trinajstić information content (AvgIpc) is 3.04. The highest BCUT2D eigenvalue weighted by Gasteiger charge is 2.42. The summed E-state index contributed by atoms with van der Waals surface area (Å²) in [5.74, 6) is 0.0269. The number of nitrogens with zero attached hydrogens (tertiary/aromatic N) is 1. The third-order valence-electron chi connectivity index (χ3n) is 5.19. The van der Waals surface area contributed by atoms with Crippen molar-refractivity contribution in [2.45, 2.75) is 6.92 Å². The first-order chi connectivity index (χ1) is 15.1. The van der Waals surface area contributed by atoms with E-state index in [0.29, 0.717) is 22.7 Å². The van der Waals surface area contributed by atoms with E-state index >= 15 is 0 Å². The molecule has 1 aliphatic rings. The molecule has 1 aliphatic heterocycles. The van der Waals surface area contributed by atoms with E-state index in [1.165, 1.54) is 14.2 Å². The maximum atomic E-state index is 13.6. The first-order valence-corrected chi connectivity index (χ1v) is 9.79. The van der Waals surface area contributed by atoms with Gasteiger partial charge in [0.15, 0.2) is 0 Å². The molecular formula is C25H22N2O4. The van der Waals surface area contributed by atoms with E-state index in [1.54, 1.807) is 42.5 Å². The molecule has 31 heavy (non-hydrogen) atoms. The molecule has 0 bridgehead atoms. The van der Waals surface area contributed by atoms with Gasteiger partial charge in [0.05, 0.1) is 25.5 Å². The molecule has 0 aromatic heterocycles. The predicted molar refractivity (Wildman–Crippen MR) is 120 cm³/mol. The third-order valence-corrected chi connectivity index (χ3v) is 5.19. The Bertz CT molecular complexity index is 1200. The molecule has 156 valence electrons. The Morgan fingerprint density at radius 1 is 0.742 bits per heavy atom. The lowest BCUT2D eigenvalue weighted by molar-refractivity contribution is -0.120. The minimum atomic E-state index is -0.460. The number of anilines is 2. The van der Waals surface area contributed by atoms with Crippen molar-refractivity contribution in [2.75, 3.05) is 24.4 Å². The number of benzene rings is 3. The summed E-state index contributed by atoms with van der Waals surface area (Å²) >= 11 is 0. The summed E-state index contributed by atoms with van der Waals surface area (Å²) in [4.78, 5) is 28.3. The summed E-state index contributed by atoms with van der Waals surface area (Å²) in [5.41, 5.74) is 3.05. The molecule has 0 aliphatic carbocycles. The van der Waals surface area contributed by atoms with Crippen molar-refractivity contribution < 1.29 is 19.1 Å². The van der Waals surface area contributed by atoms with Gasteiger partial charge in [-0.1, -0.05) is 48.5 Å². The maximum Gasteiger partial charge on any atom is 0.282 e. The Balaban J connectivity index is 1.90. The molecule has 2 amide bonds. The molecule has 0 radical (unpaired) electrons. The fourth-order valence-corrected chi connectivity index (χ4v) is 3.63. The lowest BCUT2D eigenvalue weighted by atomic mass is 10.0. The molecule has 6 heteroatoms. The van der Waals surface area contributed by atoms with Crippen LogP contribution in [-0.4, -0.2) is 26.0 Å². The molecule has 0 atom stereocenters. The molecule has 0 fully saturated rings. The number of aryl methyl sites for hydroxylation is 1. The Morgan fingerprint density at radius 2 is 1.35 bits per heavy atom. The minimum absolute atomic E-state index is 0.190. The average molecular weight is 414 g/mol. The van der Waals surface area contributed by atoms with Crippen LogP contribution in [0.5, 0.6) is 11.5 Å². The molecule has 0 saturated carbocycles. The van der Waals surface area contributed by atoms with Gasteiger partial charge in [-0.15, -0.1) is 0 Å². The highest BCUT2D eigenvalue weighted by atomic mass is 16.5. The summed E-state index contributed by atoms with van der Waals surface area (Å²) in [6.45, 7) is 1.94. The number of nitrogens with one attached hydrogen (secondary N) is 1. The summed E-state index contributed by atoms with van der Waals surface area (Å²) in [6, 6.07) is 21.7. The number of para-hydroxylation sites is 4. The van der Waals surface area contributed by atoms with Gasteiger partial charge < -0.3 is 14.8 Å². The molecule has 3 aromatic rings. The monoisotopic (exact) mass is 414 g/mol. The predicted octanol–water partition coefficient (Wildman–Crippen LogP) is 4.41. The van der Waals surface area contributed by atoms with Crippen molar-refractivity contribution >= 4 is 28.8 Å². The topological polar surface area (TPSA) is 67.9 Å². The first kappa shape index (κ1) is 20.2. The number of amides is 2. The maximum absolute atomic E-state index is 13.6. The number of methoxy groups -OCH3 is 2. The molecular weight excluding hydrogens is 392 g/mol. The Kier molecular flexibility index (Phi) is 5.45.